The number of nitrogens with zero attached hydrogens (tertiary/aromatic N) is 2. The lowest BCUT2D eigenvalue weighted by Gasteiger charge is -2.16. The van der Waals surface area contributed by atoms with E-state index in [1.807, 2.05) is 12.1 Å². The number of fused-ring (bicyclic) bond motifs is 1. The fourth-order valence-corrected chi connectivity index (χ4v) is 3.14. The number of aromatic nitrogens is 1. The van der Waals surface area contributed by atoms with Gasteiger partial charge in [-0.3, -0.25) is 9.59 Å². The average molecular weight is 349 g/mol. The summed E-state index contributed by atoms with van der Waals surface area (Å²) in [6, 6.07) is 12.0. The van der Waals surface area contributed by atoms with Gasteiger partial charge in [0.05, 0.1) is 5.39 Å². The van der Waals surface area contributed by atoms with E-state index < -0.39 is 5.91 Å². The van der Waals surface area contributed by atoms with E-state index in [-0.39, 0.29) is 11.2 Å². The van der Waals surface area contributed by atoms with Gasteiger partial charge in [0.1, 0.15) is 11.4 Å². The molecule has 1 aliphatic rings. The number of hydrogen-bond donors (Lipinski definition) is 1. The topological polar surface area (TPSA) is 75.4 Å². The number of hydrogen-bond acceptors (Lipinski definition) is 5. The van der Waals surface area contributed by atoms with Gasteiger partial charge >= 0.3 is 0 Å². The fourth-order valence-electron chi connectivity index (χ4n) is 3.14. The zero-order chi connectivity index (χ0) is 17.9. The van der Waals surface area contributed by atoms with Crippen molar-refractivity contribution in [2.75, 3.05) is 18.0 Å². The molecule has 0 bridgehead atoms. The van der Waals surface area contributed by atoms with Crippen molar-refractivity contribution in [3.8, 4) is 0 Å². The van der Waals surface area contributed by atoms with Crippen LogP contribution in [0.5, 0.6) is 0 Å². The van der Waals surface area contributed by atoms with Gasteiger partial charge < -0.3 is 14.6 Å². The number of para-hydroxylation sites is 1. The molecule has 0 atom stereocenters. The average Bonchev–Trinajstić information content (AvgIpc) is 3.21. The lowest BCUT2D eigenvalue weighted by molar-refractivity contribution is 0.0923. The maximum absolute atomic E-state index is 12.3. The van der Waals surface area contributed by atoms with E-state index in [1.54, 1.807) is 30.5 Å². The molecule has 4 rings (SSSR count). The number of pyridine rings is 1. The fraction of sp³-hybridized carbons (Fsp3) is 0.250. The molecule has 1 aromatic carbocycles. The van der Waals surface area contributed by atoms with Crippen molar-refractivity contribution in [1.82, 2.24) is 10.3 Å². The Bertz CT molecular complexity index is 989. The number of amides is 1. The molecule has 26 heavy (non-hydrogen) atoms. The third kappa shape index (κ3) is 3.31. The van der Waals surface area contributed by atoms with Crippen LogP contribution >= 0.6 is 0 Å². The van der Waals surface area contributed by atoms with E-state index in [4.69, 9.17) is 4.42 Å². The summed E-state index contributed by atoms with van der Waals surface area (Å²) in [5.41, 5.74) is 1.07. The molecule has 0 radical (unpaired) electrons. The highest BCUT2D eigenvalue weighted by atomic mass is 16.3. The summed E-state index contributed by atoms with van der Waals surface area (Å²) in [5, 5.41) is 3.23. The van der Waals surface area contributed by atoms with Gasteiger partial charge in [-0.05, 0) is 36.6 Å². The normalized spacial score (nSPS) is 13.9. The van der Waals surface area contributed by atoms with Crippen molar-refractivity contribution in [1.29, 1.82) is 0 Å². The summed E-state index contributed by atoms with van der Waals surface area (Å²) >= 11 is 0. The Labute approximate surface area is 150 Å². The van der Waals surface area contributed by atoms with Crippen LogP contribution in [0.2, 0.25) is 0 Å². The van der Waals surface area contributed by atoms with Crippen molar-refractivity contribution in [2.24, 2.45) is 0 Å². The van der Waals surface area contributed by atoms with E-state index in [9.17, 15) is 9.59 Å². The van der Waals surface area contributed by atoms with Crippen molar-refractivity contribution in [3.05, 3.63) is 70.2 Å². The van der Waals surface area contributed by atoms with Gasteiger partial charge in [-0.2, -0.15) is 0 Å². The Hall–Kier alpha value is -3.15. The molecule has 6 heteroatoms. The number of carbonyl (C=O) groups excluding carboxylic acids is 1. The predicted octanol–water partition coefficient (Wildman–Crippen LogP) is 2.72. The summed E-state index contributed by atoms with van der Waals surface area (Å²) in [4.78, 5) is 31.1. The molecule has 1 amide bonds. The van der Waals surface area contributed by atoms with Gasteiger partial charge in [-0.15, -0.1) is 0 Å². The van der Waals surface area contributed by atoms with E-state index in [0.29, 0.717) is 17.5 Å². The van der Waals surface area contributed by atoms with Crippen LogP contribution in [-0.2, 0) is 6.54 Å². The Morgan fingerprint density at radius 1 is 1.15 bits per heavy atom. The number of benzene rings is 1. The summed E-state index contributed by atoms with van der Waals surface area (Å²) in [6.07, 6.45) is 4.18. The van der Waals surface area contributed by atoms with Crippen molar-refractivity contribution in [2.45, 2.75) is 19.4 Å². The highest BCUT2D eigenvalue weighted by Crippen LogP contribution is 2.17. The third-order valence-corrected chi connectivity index (χ3v) is 4.55. The molecular weight excluding hydrogens is 330 g/mol. The second-order valence-electron chi connectivity index (χ2n) is 6.37. The molecule has 1 aliphatic heterocycles. The van der Waals surface area contributed by atoms with Gasteiger partial charge in [0.2, 0.25) is 0 Å². The quantitative estimate of drug-likeness (QED) is 0.784. The standard InChI is InChI=1S/C20H19N3O3/c24-16-11-18(26-17-6-2-1-5-15(16)17)20(25)22-13-14-7-8-19(21-12-14)23-9-3-4-10-23/h1-2,5-8,11-12H,3-4,9-10,13H2,(H,22,25). The molecule has 0 aliphatic carbocycles. The second kappa shape index (κ2) is 7.00. The SMILES string of the molecule is O=C(NCc1ccc(N2CCCC2)nc1)c1cc(=O)c2ccccc2o1. The van der Waals surface area contributed by atoms with E-state index >= 15 is 0 Å². The van der Waals surface area contributed by atoms with E-state index in [1.165, 1.54) is 18.9 Å². The summed E-state index contributed by atoms with van der Waals surface area (Å²) in [6.45, 7) is 2.41. The Balaban J connectivity index is 1.44. The summed E-state index contributed by atoms with van der Waals surface area (Å²) < 4.78 is 5.55. The smallest absolute Gasteiger partial charge is 0.287 e. The minimum atomic E-state index is -0.420. The van der Waals surface area contributed by atoms with Crippen LogP contribution in [0, 0.1) is 0 Å². The zero-order valence-corrected chi connectivity index (χ0v) is 14.3. The zero-order valence-electron chi connectivity index (χ0n) is 14.3. The molecule has 3 heterocycles. The second-order valence-corrected chi connectivity index (χ2v) is 6.37. The molecule has 1 fully saturated rings. The maximum Gasteiger partial charge on any atom is 0.287 e. The summed E-state index contributed by atoms with van der Waals surface area (Å²) in [5.74, 6) is 0.560. The predicted molar refractivity (Wildman–Crippen MR) is 99.3 cm³/mol. The van der Waals surface area contributed by atoms with Crippen LogP contribution < -0.4 is 15.6 Å². The van der Waals surface area contributed by atoms with Crippen LogP contribution in [0.3, 0.4) is 0 Å². The number of nitrogens with one attached hydrogen (secondary N) is 1. The molecule has 0 unspecified atom stereocenters. The van der Waals surface area contributed by atoms with Crippen LogP contribution in [-0.4, -0.2) is 24.0 Å². The minimum Gasteiger partial charge on any atom is -0.451 e. The lowest BCUT2D eigenvalue weighted by atomic mass is 10.2. The molecule has 0 spiro atoms. The Morgan fingerprint density at radius 2 is 1.96 bits per heavy atom. The Kier molecular flexibility index (Phi) is 4.39. The highest BCUT2D eigenvalue weighted by molar-refractivity contribution is 5.93. The Morgan fingerprint density at radius 3 is 2.73 bits per heavy atom. The number of carbonyl (C=O) groups is 1. The lowest BCUT2D eigenvalue weighted by Crippen LogP contribution is -2.24. The van der Waals surface area contributed by atoms with Gasteiger partial charge in [0.25, 0.3) is 5.91 Å². The van der Waals surface area contributed by atoms with Crippen molar-refractivity contribution >= 4 is 22.7 Å². The number of anilines is 1. The van der Waals surface area contributed by atoms with Crippen molar-refractivity contribution < 1.29 is 9.21 Å². The van der Waals surface area contributed by atoms with Gasteiger partial charge in [-0.25, -0.2) is 4.98 Å². The van der Waals surface area contributed by atoms with Crippen LogP contribution in [0.1, 0.15) is 29.0 Å². The van der Waals surface area contributed by atoms with Crippen molar-refractivity contribution in [3.63, 3.8) is 0 Å². The summed E-state index contributed by atoms with van der Waals surface area (Å²) in [7, 11) is 0. The van der Waals surface area contributed by atoms with Crippen LogP contribution in [0.4, 0.5) is 5.82 Å². The first-order chi connectivity index (χ1) is 12.7. The molecule has 6 nitrogen and oxygen atoms in total. The van der Waals surface area contributed by atoms with Gasteiger partial charge in [-0.1, -0.05) is 18.2 Å². The molecule has 3 aromatic rings. The third-order valence-electron chi connectivity index (χ3n) is 4.55. The maximum atomic E-state index is 12.3. The molecule has 132 valence electrons. The molecule has 0 saturated carbocycles. The van der Waals surface area contributed by atoms with E-state index in [2.05, 4.69) is 15.2 Å². The first-order valence-corrected chi connectivity index (χ1v) is 8.72. The van der Waals surface area contributed by atoms with Gasteiger partial charge in [0.15, 0.2) is 11.2 Å². The van der Waals surface area contributed by atoms with E-state index in [0.717, 1.165) is 24.5 Å². The largest absolute Gasteiger partial charge is 0.451 e. The molecular formula is C20H19N3O3. The van der Waals surface area contributed by atoms with Crippen LogP contribution in [0.15, 0.2) is 57.9 Å². The molecule has 1 N–H and O–H groups in total. The van der Waals surface area contributed by atoms with Gasteiger partial charge in [0, 0.05) is 31.9 Å². The minimum absolute atomic E-state index is 0.00958. The highest BCUT2D eigenvalue weighted by Gasteiger charge is 2.14. The number of rotatable bonds is 4. The molecule has 2 aromatic heterocycles. The first-order valence-electron chi connectivity index (χ1n) is 8.72. The van der Waals surface area contributed by atoms with Crippen LogP contribution in [0.25, 0.3) is 11.0 Å². The first kappa shape index (κ1) is 16.3. The molecule has 1 saturated heterocycles. The monoisotopic (exact) mass is 349 g/mol.